The molecule has 70 valence electrons. The van der Waals surface area contributed by atoms with E-state index in [2.05, 4.69) is 20.9 Å². The summed E-state index contributed by atoms with van der Waals surface area (Å²) in [5.41, 5.74) is 1.92. The lowest BCUT2D eigenvalue weighted by atomic mass is 10.1. The largest absolute Gasteiger partial charge is 0.249 e. The van der Waals surface area contributed by atoms with Gasteiger partial charge in [0.2, 0.25) is 0 Å². The third-order valence-corrected chi connectivity index (χ3v) is 2.55. The van der Waals surface area contributed by atoms with Crippen LogP contribution in [0, 0.1) is 5.82 Å². The molecule has 1 heterocycles. The second-order valence-electron chi connectivity index (χ2n) is 2.85. The second-order valence-corrected chi connectivity index (χ2v) is 3.60. The highest BCUT2D eigenvalue weighted by molar-refractivity contribution is 9.10. The van der Waals surface area contributed by atoms with Crippen molar-refractivity contribution in [2.75, 3.05) is 0 Å². The van der Waals surface area contributed by atoms with Crippen molar-refractivity contribution in [2.45, 2.75) is 0 Å². The summed E-state index contributed by atoms with van der Waals surface area (Å²) in [6.07, 6.45) is 1.71. The Balaban J connectivity index is 2.50. The molecule has 14 heavy (non-hydrogen) atoms. The summed E-state index contributed by atoms with van der Waals surface area (Å²) in [6, 6.07) is 10.1. The molecule has 1 nitrogen and oxygen atoms in total. The Morgan fingerprint density at radius 3 is 2.43 bits per heavy atom. The maximum atomic E-state index is 12.7. The van der Waals surface area contributed by atoms with Crippen LogP contribution in [0.1, 0.15) is 0 Å². The van der Waals surface area contributed by atoms with Crippen molar-refractivity contribution >= 4 is 15.9 Å². The summed E-state index contributed by atoms with van der Waals surface area (Å²) in [7, 11) is 0. The first-order chi connectivity index (χ1) is 6.77. The van der Waals surface area contributed by atoms with Crippen molar-refractivity contribution in [2.24, 2.45) is 0 Å². The van der Waals surface area contributed by atoms with Crippen molar-refractivity contribution in [3.63, 3.8) is 0 Å². The van der Waals surface area contributed by atoms with Crippen molar-refractivity contribution in [1.29, 1.82) is 0 Å². The second kappa shape index (κ2) is 3.88. The average Bonchev–Trinajstić information content (AvgIpc) is 2.20. The number of rotatable bonds is 1. The van der Waals surface area contributed by atoms with Crippen LogP contribution in [-0.2, 0) is 0 Å². The van der Waals surface area contributed by atoms with Crippen LogP contribution >= 0.6 is 15.9 Å². The monoisotopic (exact) mass is 251 g/mol. The lowest BCUT2D eigenvalue weighted by Crippen LogP contribution is -1.82. The number of halogens is 2. The molecule has 2 rings (SSSR count). The fraction of sp³-hybridized carbons (Fsp3) is 0. The first-order valence-corrected chi connectivity index (χ1v) is 4.93. The molecule has 0 bridgehead atoms. The number of hydrogen-bond donors (Lipinski definition) is 0. The van der Waals surface area contributed by atoms with Crippen molar-refractivity contribution < 1.29 is 4.39 Å². The zero-order valence-electron chi connectivity index (χ0n) is 7.24. The minimum atomic E-state index is -0.228. The van der Waals surface area contributed by atoms with Gasteiger partial charge in [-0.1, -0.05) is 18.2 Å². The molecule has 0 atom stereocenters. The zero-order chi connectivity index (χ0) is 9.97. The first kappa shape index (κ1) is 9.34. The van der Waals surface area contributed by atoms with E-state index in [0.717, 1.165) is 15.7 Å². The summed E-state index contributed by atoms with van der Waals surface area (Å²) < 4.78 is 13.4. The van der Waals surface area contributed by atoms with Gasteiger partial charge in [-0.25, -0.2) is 9.37 Å². The zero-order valence-corrected chi connectivity index (χ0v) is 8.83. The van der Waals surface area contributed by atoms with Crippen LogP contribution in [0.5, 0.6) is 0 Å². The Morgan fingerprint density at radius 1 is 1.07 bits per heavy atom. The number of nitrogens with zero attached hydrogens (tertiary/aromatic N) is 1. The van der Waals surface area contributed by atoms with Crippen molar-refractivity contribution in [3.05, 3.63) is 53.0 Å². The van der Waals surface area contributed by atoms with Crippen molar-refractivity contribution in [3.8, 4) is 11.1 Å². The van der Waals surface area contributed by atoms with Crippen LogP contribution < -0.4 is 0 Å². The molecule has 0 aliphatic carbocycles. The molecule has 0 fully saturated rings. The van der Waals surface area contributed by atoms with Gasteiger partial charge in [-0.05, 0) is 39.7 Å². The summed E-state index contributed by atoms with van der Waals surface area (Å²) in [4.78, 5) is 4.10. The Kier molecular flexibility index (Phi) is 2.59. The Morgan fingerprint density at radius 2 is 1.79 bits per heavy atom. The molecule has 0 spiro atoms. The molecule has 0 saturated carbocycles. The summed E-state index contributed by atoms with van der Waals surface area (Å²) in [5, 5.41) is 0. The smallest absolute Gasteiger partial charge is 0.123 e. The summed E-state index contributed by atoms with van der Waals surface area (Å²) in [5.74, 6) is -0.228. The predicted molar refractivity (Wildman–Crippen MR) is 57.3 cm³/mol. The third-order valence-electron chi connectivity index (χ3n) is 1.91. The molecular weight excluding hydrogens is 245 g/mol. The van der Waals surface area contributed by atoms with Crippen LogP contribution in [0.4, 0.5) is 4.39 Å². The molecule has 0 saturated heterocycles. The fourth-order valence-electron chi connectivity index (χ4n) is 1.23. The van der Waals surface area contributed by atoms with Gasteiger partial charge >= 0.3 is 0 Å². The van der Waals surface area contributed by atoms with E-state index >= 15 is 0 Å². The van der Waals surface area contributed by atoms with Gasteiger partial charge in [0.1, 0.15) is 10.4 Å². The van der Waals surface area contributed by atoms with E-state index in [1.807, 2.05) is 12.1 Å². The maximum absolute atomic E-state index is 12.7. The Hall–Kier alpha value is -1.22. The van der Waals surface area contributed by atoms with E-state index in [1.54, 1.807) is 18.3 Å². The lowest BCUT2D eigenvalue weighted by Gasteiger charge is -2.02. The molecule has 0 unspecified atom stereocenters. The molecule has 0 radical (unpaired) electrons. The van der Waals surface area contributed by atoms with E-state index in [-0.39, 0.29) is 5.82 Å². The summed E-state index contributed by atoms with van der Waals surface area (Å²) >= 11 is 3.35. The number of pyridine rings is 1. The Labute approximate surface area is 89.7 Å². The minimum Gasteiger partial charge on any atom is -0.249 e. The molecule has 1 aromatic heterocycles. The number of hydrogen-bond acceptors (Lipinski definition) is 1. The van der Waals surface area contributed by atoms with Gasteiger partial charge in [0, 0.05) is 11.8 Å². The normalized spacial score (nSPS) is 10.1. The third kappa shape index (κ3) is 1.82. The highest BCUT2D eigenvalue weighted by atomic mass is 79.9. The molecular formula is C11H7BrFN. The van der Waals surface area contributed by atoms with Gasteiger partial charge in [0.25, 0.3) is 0 Å². The van der Waals surface area contributed by atoms with Gasteiger partial charge < -0.3 is 0 Å². The molecule has 0 amide bonds. The van der Waals surface area contributed by atoms with Gasteiger partial charge in [0.05, 0.1) is 0 Å². The van der Waals surface area contributed by atoms with Crippen LogP contribution in [0.3, 0.4) is 0 Å². The lowest BCUT2D eigenvalue weighted by molar-refractivity contribution is 0.628. The van der Waals surface area contributed by atoms with E-state index in [1.165, 1.54) is 12.1 Å². The fourth-order valence-corrected chi connectivity index (χ4v) is 1.71. The van der Waals surface area contributed by atoms with Crippen LogP contribution in [0.15, 0.2) is 47.2 Å². The number of benzene rings is 1. The summed E-state index contributed by atoms with van der Waals surface area (Å²) in [6.45, 7) is 0. The highest BCUT2D eigenvalue weighted by Crippen LogP contribution is 2.25. The van der Waals surface area contributed by atoms with Gasteiger partial charge in [0.15, 0.2) is 0 Å². The highest BCUT2D eigenvalue weighted by Gasteiger charge is 2.02. The minimum absolute atomic E-state index is 0.228. The molecule has 3 heteroatoms. The standard InChI is InChI=1S/C11H7BrFN/c12-11-10(2-1-7-14-11)8-3-5-9(13)6-4-8/h1-7H. The van der Waals surface area contributed by atoms with Gasteiger partial charge in [-0.3, -0.25) is 0 Å². The topological polar surface area (TPSA) is 12.9 Å². The first-order valence-electron chi connectivity index (χ1n) is 4.14. The molecule has 1 aromatic carbocycles. The van der Waals surface area contributed by atoms with Crippen molar-refractivity contribution in [1.82, 2.24) is 4.98 Å². The molecule has 0 aliphatic heterocycles. The van der Waals surface area contributed by atoms with E-state index in [4.69, 9.17) is 0 Å². The van der Waals surface area contributed by atoms with Crippen LogP contribution in [0.2, 0.25) is 0 Å². The van der Waals surface area contributed by atoms with E-state index in [9.17, 15) is 4.39 Å². The molecule has 0 aliphatic rings. The maximum Gasteiger partial charge on any atom is 0.123 e. The van der Waals surface area contributed by atoms with Crippen LogP contribution in [-0.4, -0.2) is 4.98 Å². The Bertz CT molecular complexity index is 439. The van der Waals surface area contributed by atoms with Gasteiger partial charge in [-0.15, -0.1) is 0 Å². The van der Waals surface area contributed by atoms with E-state index in [0.29, 0.717) is 0 Å². The molecule has 2 aromatic rings. The van der Waals surface area contributed by atoms with Gasteiger partial charge in [-0.2, -0.15) is 0 Å². The SMILES string of the molecule is Fc1ccc(-c2cccnc2Br)cc1. The average molecular weight is 252 g/mol. The number of aromatic nitrogens is 1. The van der Waals surface area contributed by atoms with Crippen LogP contribution in [0.25, 0.3) is 11.1 Å². The van der Waals surface area contributed by atoms with E-state index < -0.39 is 0 Å². The molecule has 0 N–H and O–H groups in total. The predicted octanol–water partition coefficient (Wildman–Crippen LogP) is 3.65. The quantitative estimate of drug-likeness (QED) is 0.706.